The molecular formula is C18H34. The Hall–Kier alpha value is 0. The largest absolute Gasteiger partial charge is 0.0654 e. The topological polar surface area (TPSA) is 0 Å². The third-order valence-electron chi connectivity index (χ3n) is 5.63. The Morgan fingerprint density at radius 3 is 1.89 bits per heavy atom. The van der Waals surface area contributed by atoms with Crippen molar-refractivity contribution in [1.82, 2.24) is 0 Å². The van der Waals surface area contributed by atoms with Gasteiger partial charge in [-0.1, -0.05) is 90.4 Å². The van der Waals surface area contributed by atoms with Crippen LogP contribution in [0.15, 0.2) is 0 Å². The summed E-state index contributed by atoms with van der Waals surface area (Å²) in [4.78, 5) is 0. The molecule has 0 aliphatic heterocycles. The summed E-state index contributed by atoms with van der Waals surface area (Å²) in [5.41, 5.74) is 0. The molecule has 0 bridgehead atoms. The maximum atomic E-state index is 2.38. The lowest BCUT2D eigenvalue weighted by atomic mass is 9.68. The van der Waals surface area contributed by atoms with Crippen molar-refractivity contribution >= 4 is 0 Å². The van der Waals surface area contributed by atoms with Gasteiger partial charge in [0.2, 0.25) is 0 Å². The van der Waals surface area contributed by atoms with E-state index in [0.717, 1.165) is 17.8 Å². The highest BCUT2D eigenvalue weighted by Crippen LogP contribution is 2.42. The van der Waals surface area contributed by atoms with Gasteiger partial charge in [-0.3, -0.25) is 0 Å². The summed E-state index contributed by atoms with van der Waals surface area (Å²) in [6, 6.07) is 0. The van der Waals surface area contributed by atoms with E-state index in [0.29, 0.717) is 0 Å². The highest BCUT2D eigenvalue weighted by Gasteiger charge is 2.30. The van der Waals surface area contributed by atoms with Crippen molar-refractivity contribution in [2.24, 2.45) is 17.8 Å². The predicted octanol–water partition coefficient (Wildman–Crippen LogP) is 6.34. The minimum absolute atomic E-state index is 1.09. The van der Waals surface area contributed by atoms with Crippen molar-refractivity contribution in [3.05, 3.63) is 0 Å². The van der Waals surface area contributed by atoms with Gasteiger partial charge < -0.3 is 0 Å². The van der Waals surface area contributed by atoms with Gasteiger partial charge in [-0.25, -0.2) is 0 Å². The maximum Gasteiger partial charge on any atom is -0.0357 e. The van der Waals surface area contributed by atoms with Crippen molar-refractivity contribution in [2.75, 3.05) is 0 Å². The molecule has 2 aliphatic carbocycles. The van der Waals surface area contributed by atoms with Crippen LogP contribution in [0, 0.1) is 17.8 Å². The Morgan fingerprint density at radius 2 is 1.22 bits per heavy atom. The second-order valence-electron chi connectivity index (χ2n) is 6.96. The van der Waals surface area contributed by atoms with E-state index >= 15 is 0 Å². The highest BCUT2D eigenvalue weighted by molar-refractivity contribution is 4.81. The Morgan fingerprint density at radius 1 is 0.667 bits per heavy atom. The quantitative estimate of drug-likeness (QED) is 0.548. The number of hydrogen-bond donors (Lipinski definition) is 0. The number of hydrogen-bond acceptors (Lipinski definition) is 0. The molecule has 2 saturated carbocycles. The van der Waals surface area contributed by atoms with Gasteiger partial charge in [0.05, 0.1) is 0 Å². The summed E-state index contributed by atoms with van der Waals surface area (Å²) < 4.78 is 0. The predicted molar refractivity (Wildman–Crippen MR) is 80.8 cm³/mol. The molecular weight excluding hydrogens is 216 g/mol. The van der Waals surface area contributed by atoms with E-state index in [1.165, 1.54) is 64.2 Å². The van der Waals surface area contributed by atoms with Crippen molar-refractivity contribution in [1.29, 1.82) is 0 Å². The first kappa shape index (κ1) is 14.4. The Labute approximate surface area is 115 Å². The highest BCUT2D eigenvalue weighted by atomic mass is 14.4. The van der Waals surface area contributed by atoms with E-state index in [1.54, 1.807) is 25.7 Å². The van der Waals surface area contributed by atoms with E-state index in [2.05, 4.69) is 6.92 Å². The van der Waals surface area contributed by atoms with Gasteiger partial charge in [-0.05, 0) is 24.2 Å². The third kappa shape index (κ3) is 4.28. The lowest BCUT2D eigenvalue weighted by molar-refractivity contribution is 0.134. The van der Waals surface area contributed by atoms with Crippen molar-refractivity contribution < 1.29 is 0 Å². The zero-order valence-electron chi connectivity index (χ0n) is 12.6. The molecule has 2 rings (SSSR count). The molecule has 0 amide bonds. The molecule has 2 aliphatic rings. The fourth-order valence-corrected chi connectivity index (χ4v) is 4.68. The van der Waals surface area contributed by atoms with Crippen LogP contribution in [-0.2, 0) is 0 Å². The van der Waals surface area contributed by atoms with Crippen LogP contribution < -0.4 is 0 Å². The van der Waals surface area contributed by atoms with Gasteiger partial charge in [0, 0.05) is 0 Å². The van der Waals surface area contributed by atoms with Gasteiger partial charge in [0.15, 0.2) is 0 Å². The monoisotopic (exact) mass is 250 g/mol. The van der Waals surface area contributed by atoms with Crippen LogP contribution in [-0.4, -0.2) is 0 Å². The Balaban J connectivity index is 1.91. The molecule has 0 heteroatoms. The molecule has 0 spiro atoms. The molecule has 0 radical (unpaired) electrons. The van der Waals surface area contributed by atoms with Crippen LogP contribution in [0.25, 0.3) is 0 Å². The molecule has 2 fully saturated rings. The second kappa shape index (κ2) is 8.23. The smallest absolute Gasteiger partial charge is 0.0357 e. The minimum atomic E-state index is 1.09. The second-order valence-corrected chi connectivity index (χ2v) is 6.96. The average molecular weight is 250 g/mol. The summed E-state index contributed by atoms with van der Waals surface area (Å²) in [5, 5.41) is 0. The molecule has 18 heavy (non-hydrogen) atoms. The van der Waals surface area contributed by atoms with Gasteiger partial charge >= 0.3 is 0 Å². The molecule has 2 atom stereocenters. The number of rotatable bonds is 3. The lowest BCUT2D eigenvalue weighted by Crippen LogP contribution is -2.27. The molecule has 0 N–H and O–H groups in total. The average Bonchev–Trinajstić information content (AvgIpc) is 2.53. The van der Waals surface area contributed by atoms with Crippen molar-refractivity contribution in [3.8, 4) is 0 Å². The Bertz CT molecular complexity index is 196. The van der Waals surface area contributed by atoms with E-state index in [9.17, 15) is 0 Å². The molecule has 2 unspecified atom stereocenters. The molecule has 0 nitrogen and oxygen atoms in total. The standard InChI is InChI=1S/C18H34/c1-2-11-16-14-9-10-15-18(16)17-12-7-5-3-4-6-8-13-17/h16-18H,2-15H2,1H3. The molecule has 0 saturated heterocycles. The van der Waals surface area contributed by atoms with Crippen molar-refractivity contribution in [3.63, 3.8) is 0 Å². The molecule has 106 valence electrons. The van der Waals surface area contributed by atoms with Crippen LogP contribution in [0.2, 0.25) is 0 Å². The Kier molecular flexibility index (Phi) is 6.59. The maximum absolute atomic E-state index is 2.38. The zero-order valence-corrected chi connectivity index (χ0v) is 12.6. The first-order valence-corrected chi connectivity index (χ1v) is 8.92. The van der Waals surface area contributed by atoms with Crippen LogP contribution in [0.1, 0.15) is 96.8 Å². The van der Waals surface area contributed by atoms with Crippen LogP contribution in [0.4, 0.5) is 0 Å². The fourth-order valence-electron chi connectivity index (χ4n) is 4.68. The SMILES string of the molecule is CCCC1CCCCC1C1CCCCCCCC1. The van der Waals surface area contributed by atoms with E-state index in [4.69, 9.17) is 0 Å². The summed E-state index contributed by atoms with van der Waals surface area (Å²) in [5.74, 6) is 3.30. The fraction of sp³-hybridized carbons (Fsp3) is 1.00. The zero-order chi connectivity index (χ0) is 12.6. The van der Waals surface area contributed by atoms with E-state index in [1.807, 2.05) is 0 Å². The van der Waals surface area contributed by atoms with Crippen LogP contribution in [0.3, 0.4) is 0 Å². The summed E-state index contributed by atoms with van der Waals surface area (Å²) in [7, 11) is 0. The lowest BCUT2D eigenvalue weighted by Gasteiger charge is -2.37. The van der Waals surface area contributed by atoms with E-state index in [-0.39, 0.29) is 0 Å². The van der Waals surface area contributed by atoms with Crippen molar-refractivity contribution in [2.45, 2.75) is 96.8 Å². The van der Waals surface area contributed by atoms with E-state index < -0.39 is 0 Å². The third-order valence-corrected chi connectivity index (χ3v) is 5.63. The summed E-state index contributed by atoms with van der Waals surface area (Å²) in [6.45, 7) is 2.38. The van der Waals surface area contributed by atoms with Gasteiger partial charge in [0.25, 0.3) is 0 Å². The molecule has 0 aromatic heterocycles. The normalized spacial score (nSPS) is 32.5. The molecule has 0 heterocycles. The first-order valence-electron chi connectivity index (χ1n) is 8.92. The van der Waals surface area contributed by atoms with Gasteiger partial charge in [0.1, 0.15) is 0 Å². The van der Waals surface area contributed by atoms with Crippen LogP contribution >= 0.6 is 0 Å². The van der Waals surface area contributed by atoms with Crippen LogP contribution in [0.5, 0.6) is 0 Å². The molecule has 0 aromatic carbocycles. The first-order chi connectivity index (χ1) is 8.92. The van der Waals surface area contributed by atoms with Gasteiger partial charge in [-0.15, -0.1) is 0 Å². The summed E-state index contributed by atoms with van der Waals surface area (Å²) in [6.07, 6.45) is 21.3. The summed E-state index contributed by atoms with van der Waals surface area (Å²) >= 11 is 0. The minimum Gasteiger partial charge on any atom is -0.0654 e. The van der Waals surface area contributed by atoms with Gasteiger partial charge in [-0.2, -0.15) is 0 Å². The molecule has 0 aromatic rings.